The van der Waals surface area contributed by atoms with Crippen LogP contribution in [-0.4, -0.2) is 22.1 Å². The van der Waals surface area contributed by atoms with Crippen LogP contribution in [0.1, 0.15) is 168 Å². The Morgan fingerprint density at radius 2 is 0.781 bits per heavy atom. The summed E-state index contributed by atoms with van der Waals surface area (Å²) in [6, 6.07) is 0. The number of hydrogen-bond acceptors (Lipinski definition) is 2. The van der Waals surface area contributed by atoms with E-state index in [9.17, 15) is 4.79 Å². The van der Waals surface area contributed by atoms with Gasteiger partial charge in [-0.05, 0) is 19.1 Å². The monoisotopic (exact) mass is 470 g/mol. The maximum atomic E-state index is 10.7. The van der Waals surface area contributed by atoms with E-state index in [1.807, 2.05) is 0 Å². The molecule has 0 aliphatic heterocycles. The molecule has 0 amide bonds. The van der Waals surface area contributed by atoms with Crippen LogP contribution in [0.3, 0.4) is 0 Å². The van der Waals surface area contributed by atoms with Gasteiger partial charge >= 0.3 is 5.97 Å². The molecule has 1 atom stereocenters. The van der Waals surface area contributed by atoms with Crippen molar-refractivity contribution in [2.24, 2.45) is 0 Å². The maximum Gasteiger partial charge on any atom is 0.316 e. The predicted octanol–water partition coefficient (Wildman–Crippen LogP) is 10.6. The average Bonchev–Trinajstić information content (AvgIpc) is 2.78. The minimum Gasteiger partial charge on any atom is -0.480 e. The van der Waals surface area contributed by atoms with Gasteiger partial charge in [-0.15, -0.1) is 11.8 Å². The third-order valence-electron chi connectivity index (χ3n) is 6.71. The van der Waals surface area contributed by atoms with Crippen molar-refractivity contribution in [3.8, 4) is 0 Å². The van der Waals surface area contributed by atoms with Crippen LogP contribution in [-0.2, 0) is 4.79 Å². The first kappa shape index (κ1) is 31.8. The van der Waals surface area contributed by atoms with Crippen LogP contribution >= 0.6 is 11.8 Å². The topological polar surface area (TPSA) is 37.3 Å². The average molecular weight is 471 g/mol. The van der Waals surface area contributed by atoms with Gasteiger partial charge in [0.25, 0.3) is 0 Å². The molecule has 0 radical (unpaired) electrons. The molecule has 0 saturated heterocycles. The van der Waals surface area contributed by atoms with E-state index in [-0.39, 0.29) is 5.25 Å². The first-order chi connectivity index (χ1) is 15.7. The Bertz CT molecular complexity index is 372. The summed E-state index contributed by atoms with van der Waals surface area (Å²) in [5.74, 6) is 0.312. The summed E-state index contributed by atoms with van der Waals surface area (Å²) in [6.07, 6.45) is 34.0. The lowest BCUT2D eigenvalue weighted by Crippen LogP contribution is -2.11. The highest BCUT2D eigenvalue weighted by Crippen LogP contribution is 2.17. The Balaban J connectivity index is 3.04. The summed E-state index contributed by atoms with van der Waals surface area (Å²) in [5, 5.41) is 8.60. The molecular weight excluding hydrogens is 412 g/mol. The van der Waals surface area contributed by atoms with E-state index < -0.39 is 5.97 Å². The highest BCUT2D eigenvalue weighted by molar-refractivity contribution is 8.00. The molecule has 0 aliphatic carbocycles. The minimum atomic E-state index is -0.681. The van der Waals surface area contributed by atoms with Crippen molar-refractivity contribution >= 4 is 17.7 Å². The van der Waals surface area contributed by atoms with Crippen LogP contribution in [0.2, 0.25) is 0 Å². The fraction of sp³-hybridized carbons (Fsp3) is 0.966. The highest BCUT2D eigenvalue weighted by Gasteiger charge is 2.09. The van der Waals surface area contributed by atoms with Crippen molar-refractivity contribution in [1.29, 1.82) is 0 Å². The van der Waals surface area contributed by atoms with Gasteiger partial charge < -0.3 is 5.11 Å². The Labute approximate surface area is 206 Å². The summed E-state index contributed by atoms with van der Waals surface area (Å²) in [7, 11) is 0. The second kappa shape index (κ2) is 27.1. The Kier molecular flexibility index (Phi) is 26.9. The molecule has 3 heteroatoms. The summed E-state index contributed by atoms with van der Waals surface area (Å²) in [6.45, 7) is 4.08. The lowest BCUT2D eigenvalue weighted by molar-refractivity contribution is -0.136. The van der Waals surface area contributed by atoms with Crippen LogP contribution < -0.4 is 0 Å². The van der Waals surface area contributed by atoms with Crippen molar-refractivity contribution in [3.05, 3.63) is 0 Å². The Morgan fingerprint density at radius 3 is 1.03 bits per heavy atom. The fourth-order valence-corrected chi connectivity index (χ4v) is 5.26. The molecule has 0 rings (SSSR count). The molecule has 0 bridgehead atoms. The first-order valence-corrected chi connectivity index (χ1v) is 15.6. The quantitative estimate of drug-likeness (QED) is 0.121. The molecule has 0 saturated carbocycles. The van der Waals surface area contributed by atoms with Crippen LogP contribution in [0, 0.1) is 0 Å². The van der Waals surface area contributed by atoms with Gasteiger partial charge in [0.1, 0.15) is 0 Å². The molecule has 0 fully saturated rings. The zero-order valence-corrected chi connectivity index (χ0v) is 22.8. The normalized spacial score (nSPS) is 12.3. The van der Waals surface area contributed by atoms with Crippen LogP contribution in [0.4, 0.5) is 0 Å². The van der Waals surface area contributed by atoms with Gasteiger partial charge in [-0.1, -0.05) is 155 Å². The van der Waals surface area contributed by atoms with Crippen molar-refractivity contribution in [2.45, 2.75) is 173 Å². The Hall–Kier alpha value is -0.180. The number of carbonyl (C=O) groups is 1. The van der Waals surface area contributed by atoms with Crippen molar-refractivity contribution in [1.82, 2.24) is 0 Å². The molecule has 0 aromatic carbocycles. The number of unbranched alkanes of at least 4 members (excludes halogenated alkanes) is 23. The summed E-state index contributed by atoms with van der Waals surface area (Å²) >= 11 is 1.58. The second-order valence-corrected chi connectivity index (χ2v) is 11.4. The van der Waals surface area contributed by atoms with Crippen LogP contribution in [0.5, 0.6) is 0 Å². The largest absolute Gasteiger partial charge is 0.480 e. The number of thioether (sulfide) groups is 1. The smallest absolute Gasteiger partial charge is 0.316 e. The standard InChI is InChI=1S/C29H58O2S/c1-3-4-5-6-7-8-9-10-11-12-13-14-15-16-17-18-19-20-21-22-23-24-25-26-27-32-28(2)29(30)31/h28H,3-27H2,1-2H3,(H,30,31). The van der Waals surface area contributed by atoms with E-state index in [2.05, 4.69) is 6.92 Å². The van der Waals surface area contributed by atoms with Crippen molar-refractivity contribution in [3.63, 3.8) is 0 Å². The van der Waals surface area contributed by atoms with Crippen molar-refractivity contribution in [2.75, 3.05) is 5.75 Å². The molecule has 0 aromatic rings. The zero-order chi connectivity index (χ0) is 23.5. The molecule has 1 N–H and O–H groups in total. The van der Waals surface area contributed by atoms with Crippen LogP contribution in [0.25, 0.3) is 0 Å². The van der Waals surface area contributed by atoms with Crippen molar-refractivity contribution < 1.29 is 9.90 Å². The van der Waals surface area contributed by atoms with E-state index in [4.69, 9.17) is 5.11 Å². The first-order valence-electron chi connectivity index (χ1n) is 14.5. The number of carboxylic acid groups (broad SMARTS) is 1. The lowest BCUT2D eigenvalue weighted by atomic mass is 10.0. The predicted molar refractivity (Wildman–Crippen MR) is 146 cm³/mol. The number of rotatable bonds is 27. The number of carboxylic acids is 1. The van der Waals surface area contributed by atoms with Gasteiger partial charge in [0.05, 0.1) is 5.25 Å². The molecule has 0 aromatic heterocycles. The molecular formula is C29H58O2S. The molecule has 2 nitrogen and oxygen atoms in total. The maximum absolute atomic E-state index is 10.7. The number of hydrogen-bond donors (Lipinski definition) is 1. The number of aliphatic carboxylic acids is 1. The summed E-state index contributed by atoms with van der Waals surface area (Å²) < 4.78 is 0. The van der Waals surface area contributed by atoms with E-state index in [1.54, 1.807) is 18.7 Å². The van der Waals surface area contributed by atoms with E-state index >= 15 is 0 Å². The molecule has 0 aliphatic rings. The SMILES string of the molecule is CCCCCCCCCCCCCCCCCCCCCCCCCCSC(C)C(=O)O. The van der Waals surface area contributed by atoms with E-state index in [0.29, 0.717) is 0 Å². The third-order valence-corrected chi connectivity index (χ3v) is 7.94. The fourth-order valence-electron chi connectivity index (χ4n) is 4.40. The van der Waals surface area contributed by atoms with Gasteiger partial charge in [-0.2, -0.15) is 0 Å². The Morgan fingerprint density at radius 1 is 0.531 bits per heavy atom. The second-order valence-electron chi connectivity index (χ2n) is 9.98. The zero-order valence-electron chi connectivity index (χ0n) is 22.0. The van der Waals surface area contributed by atoms with E-state index in [1.165, 1.54) is 154 Å². The van der Waals surface area contributed by atoms with Gasteiger partial charge in [-0.3, -0.25) is 4.79 Å². The van der Waals surface area contributed by atoms with E-state index in [0.717, 1.165) is 5.75 Å². The van der Waals surface area contributed by atoms with Crippen LogP contribution in [0.15, 0.2) is 0 Å². The van der Waals surface area contributed by atoms with Gasteiger partial charge in [0, 0.05) is 0 Å². The molecule has 192 valence electrons. The summed E-state index contributed by atoms with van der Waals surface area (Å²) in [4.78, 5) is 10.7. The van der Waals surface area contributed by atoms with Gasteiger partial charge in [-0.25, -0.2) is 0 Å². The highest BCUT2D eigenvalue weighted by atomic mass is 32.2. The third kappa shape index (κ3) is 26.1. The molecule has 0 spiro atoms. The molecule has 0 heterocycles. The minimum absolute atomic E-state index is 0.250. The van der Waals surface area contributed by atoms with Gasteiger partial charge in [0.15, 0.2) is 0 Å². The lowest BCUT2D eigenvalue weighted by Gasteiger charge is -2.06. The van der Waals surface area contributed by atoms with Gasteiger partial charge in [0.2, 0.25) is 0 Å². The summed E-state index contributed by atoms with van der Waals surface area (Å²) in [5.41, 5.74) is 0. The molecule has 32 heavy (non-hydrogen) atoms. The molecule has 1 unspecified atom stereocenters.